The monoisotopic (exact) mass is 569 g/mol. The van der Waals surface area contributed by atoms with Gasteiger partial charge in [-0.3, -0.25) is 4.79 Å². The van der Waals surface area contributed by atoms with Gasteiger partial charge in [-0.1, -0.05) is 0 Å². The van der Waals surface area contributed by atoms with Crippen molar-refractivity contribution in [3.63, 3.8) is 0 Å². The lowest BCUT2D eigenvalue weighted by Crippen LogP contribution is -2.70. The summed E-state index contributed by atoms with van der Waals surface area (Å²) in [4.78, 5) is 12.4. The van der Waals surface area contributed by atoms with E-state index in [1.54, 1.807) is 0 Å². The minimum absolute atomic E-state index is 0.0836. The smallest absolute Gasteiger partial charge is 0.250 e. The van der Waals surface area contributed by atoms with Gasteiger partial charge in [0.15, 0.2) is 12.6 Å². The van der Waals surface area contributed by atoms with Crippen molar-refractivity contribution in [1.82, 2.24) is 10.6 Å². The highest BCUT2D eigenvalue weighted by atomic mass is 16.7. The molecule has 3 fully saturated rings. The quantitative estimate of drug-likeness (QED) is 0.123. The first kappa shape index (κ1) is 32.4. The van der Waals surface area contributed by atoms with Crippen LogP contribution in [-0.2, 0) is 23.7 Å². The number of hydrogen-bond acceptors (Lipinski definition) is 16. The summed E-state index contributed by atoms with van der Waals surface area (Å²) < 4.78 is 22.7. The normalized spacial score (nSPS) is 47.9. The van der Waals surface area contributed by atoms with E-state index in [0.29, 0.717) is 0 Å². The van der Waals surface area contributed by atoms with Gasteiger partial charge in [-0.15, -0.1) is 0 Å². The Morgan fingerprint density at radius 1 is 1.03 bits per heavy atom. The summed E-state index contributed by atoms with van der Waals surface area (Å²) in [6, 6.07) is -2.92. The fourth-order valence-electron chi connectivity index (χ4n) is 5.22. The number of hydrogen-bond donors (Lipinski definition) is 12. The number of aliphatic hydroxyl groups is 7. The van der Waals surface area contributed by atoms with Crippen molar-refractivity contribution in [3.05, 3.63) is 0 Å². The molecule has 0 radical (unpaired) electrons. The molecule has 3 rings (SSSR count). The Balaban J connectivity index is 1.84. The van der Waals surface area contributed by atoms with Gasteiger partial charge >= 0.3 is 0 Å². The van der Waals surface area contributed by atoms with Crippen LogP contribution < -0.4 is 27.8 Å². The van der Waals surface area contributed by atoms with E-state index < -0.39 is 97.1 Å². The highest BCUT2D eigenvalue weighted by Crippen LogP contribution is 2.32. The fraction of sp³-hybridized carbons (Fsp3) is 0.955. The van der Waals surface area contributed by atoms with Crippen molar-refractivity contribution in [2.24, 2.45) is 17.2 Å². The summed E-state index contributed by atoms with van der Waals surface area (Å²) in [5, 5.41) is 78.5. The summed E-state index contributed by atoms with van der Waals surface area (Å²) in [7, 11) is 1.52. The fourth-order valence-corrected chi connectivity index (χ4v) is 5.22. The number of likely N-dealkylation sites (N-methyl/N-ethyl adjacent to an activating group) is 1. The third kappa shape index (κ3) is 6.85. The van der Waals surface area contributed by atoms with Gasteiger partial charge in [0, 0.05) is 19.1 Å². The topological polar surface area (TPSA) is 298 Å². The molecule has 2 heterocycles. The molecule has 3 unspecified atom stereocenters. The van der Waals surface area contributed by atoms with Gasteiger partial charge in [0.1, 0.15) is 60.5 Å². The highest BCUT2D eigenvalue weighted by Gasteiger charge is 2.53. The van der Waals surface area contributed by atoms with Crippen LogP contribution in [0.3, 0.4) is 0 Å². The Kier molecular flexibility index (Phi) is 11.0. The second kappa shape index (κ2) is 13.2. The lowest BCUT2D eigenvalue weighted by Gasteiger charge is -2.49. The Labute approximate surface area is 225 Å². The number of rotatable bonds is 9. The van der Waals surface area contributed by atoms with Crippen molar-refractivity contribution >= 4 is 5.91 Å². The zero-order chi connectivity index (χ0) is 29.2. The van der Waals surface area contributed by atoms with E-state index >= 15 is 0 Å². The maximum atomic E-state index is 12.4. The first-order chi connectivity index (χ1) is 18.3. The zero-order valence-corrected chi connectivity index (χ0v) is 21.8. The van der Waals surface area contributed by atoms with Crippen LogP contribution in [-0.4, -0.2) is 160 Å². The molecule has 0 aromatic heterocycles. The Hall–Kier alpha value is -1.13. The van der Waals surface area contributed by atoms with E-state index in [4.69, 9.17) is 36.1 Å². The molecule has 39 heavy (non-hydrogen) atoms. The zero-order valence-electron chi connectivity index (χ0n) is 21.8. The van der Waals surface area contributed by atoms with Gasteiger partial charge in [-0.2, -0.15) is 0 Å². The van der Waals surface area contributed by atoms with Gasteiger partial charge in [0.2, 0.25) is 5.91 Å². The summed E-state index contributed by atoms with van der Waals surface area (Å²) in [6.07, 6.45) is -16.3. The molecule has 3 aliphatic rings. The third-order valence-electron chi connectivity index (χ3n) is 7.50. The molecule has 0 aromatic rings. The average Bonchev–Trinajstić information content (AvgIpc) is 2.89. The maximum absolute atomic E-state index is 12.4. The van der Waals surface area contributed by atoms with E-state index in [2.05, 4.69) is 10.6 Å². The summed E-state index contributed by atoms with van der Waals surface area (Å²) in [5.41, 5.74) is 15.8. The summed E-state index contributed by atoms with van der Waals surface area (Å²) >= 11 is 0. The number of nitrogens with one attached hydrogen (secondary N) is 2. The number of carbonyl (C=O) groups is 1. The van der Waals surface area contributed by atoms with Crippen molar-refractivity contribution in [1.29, 1.82) is 0 Å². The molecule has 0 spiro atoms. The van der Waals surface area contributed by atoms with E-state index in [0.717, 1.165) is 0 Å². The van der Waals surface area contributed by atoms with Crippen LogP contribution in [0.25, 0.3) is 0 Å². The second-order valence-corrected chi connectivity index (χ2v) is 10.5. The van der Waals surface area contributed by atoms with Crippen molar-refractivity contribution in [2.45, 2.75) is 105 Å². The number of nitrogens with two attached hydrogens (primary N) is 3. The SMILES string of the molecule is CN[C@H]1[C@@H](O)C(O[C@@H]2[C@@H](O)[C@H](OC3O[C@H](CN)[C@@H](O)[C@H](O)[C@H]3O)[C@@H](N)C[C@@H]2NC(=O)C(O)CN)OC[C@]1(C)O. The van der Waals surface area contributed by atoms with E-state index in [1.807, 2.05) is 0 Å². The van der Waals surface area contributed by atoms with Gasteiger partial charge in [-0.05, 0) is 20.4 Å². The van der Waals surface area contributed by atoms with Crippen LogP contribution in [0, 0.1) is 0 Å². The van der Waals surface area contributed by atoms with Crippen LogP contribution in [0.4, 0.5) is 0 Å². The maximum Gasteiger partial charge on any atom is 0.250 e. The number of amides is 1. The standard InChI is InChI=1S/C22H43N5O12/c1-22(35)6-36-20(15(33)18(22)26-2)39-17-8(27-19(34)9(28)4-23)3-7(25)16(14(17)32)38-21-13(31)12(30)11(29)10(5-24)37-21/h7-18,20-21,26,28-33,35H,3-6,23-25H2,1-2H3,(H,27,34)/t7-,8-,9?,10+,11+,12-,13+,14-,15+,16+,17-,18-,20?,21?,22-/m0/s1. The van der Waals surface area contributed by atoms with E-state index in [-0.39, 0.29) is 26.1 Å². The molecule has 1 saturated carbocycles. The molecule has 0 aromatic carbocycles. The molecule has 1 amide bonds. The van der Waals surface area contributed by atoms with Gasteiger partial charge in [0.25, 0.3) is 0 Å². The van der Waals surface area contributed by atoms with Crippen LogP contribution in [0.2, 0.25) is 0 Å². The van der Waals surface area contributed by atoms with E-state index in [1.165, 1.54) is 14.0 Å². The van der Waals surface area contributed by atoms with Crippen LogP contribution >= 0.6 is 0 Å². The first-order valence-electron chi connectivity index (χ1n) is 12.8. The highest BCUT2D eigenvalue weighted by molar-refractivity contribution is 5.81. The minimum Gasteiger partial charge on any atom is -0.388 e. The predicted molar refractivity (Wildman–Crippen MR) is 130 cm³/mol. The van der Waals surface area contributed by atoms with Gasteiger partial charge < -0.3 is 82.5 Å². The van der Waals surface area contributed by atoms with Crippen molar-refractivity contribution < 1.29 is 59.5 Å². The van der Waals surface area contributed by atoms with Crippen molar-refractivity contribution in [3.8, 4) is 0 Å². The molecular weight excluding hydrogens is 526 g/mol. The molecule has 17 nitrogen and oxygen atoms in total. The lowest BCUT2D eigenvalue weighted by molar-refractivity contribution is -0.330. The molecule has 2 saturated heterocycles. The van der Waals surface area contributed by atoms with Gasteiger partial charge in [-0.25, -0.2) is 0 Å². The molecular formula is C22H43N5O12. The van der Waals surface area contributed by atoms with Crippen molar-refractivity contribution in [2.75, 3.05) is 26.7 Å². The minimum atomic E-state index is -1.72. The molecule has 15 N–H and O–H groups in total. The van der Waals surface area contributed by atoms with Crippen LogP contribution in [0.5, 0.6) is 0 Å². The first-order valence-corrected chi connectivity index (χ1v) is 12.8. The number of aliphatic hydroxyl groups excluding tert-OH is 6. The lowest BCUT2D eigenvalue weighted by atomic mass is 9.83. The summed E-state index contributed by atoms with van der Waals surface area (Å²) in [5.74, 6) is -0.857. The average molecular weight is 570 g/mol. The Bertz CT molecular complexity index is 811. The third-order valence-corrected chi connectivity index (χ3v) is 7.50. The molecule has 2 aliphatic heterocycles. The second-order valence-electron chi connectivity index (χ2n) is 10.5. The predicted octanol–water partition coefficient (Wildman–Crippen LogP) is -7.52. The Morgan fingerprint density at radius 3 is 2.26 bits per heavy atom. The number of carbonyl (C=O) groups excluding carboxylic acids is 1. The number of ether oxygens (including phenoxy) is 4. The van der Waals surface area contributed by atoms with Crippen LogP contribution in [0.15, 0.2) is 0 Å². The van der Waals surface area contributed by atoms with Gasteiger partial charge in [0.05, 0.1) is 18.7 Å². The largest absolute Gasteiger partial charge is 0.388 e. The van der Waals surface area contributed by atoms with Crippen LogP contribution in [0.1, 0.15) is 13.3 Å². The Morgan fingerprint density at radius 2 is 1.67 bits per heavy atom. The molecule has 15 atom stereocenters. The van der Waals surface area contributed by atoms with E-state index in [9.17, 15) is 40.5 Å². The molecule has 17 heteroatoms. The molecule has 1 aliphatic carbocycles. The summed E-state index contributed by atoms with van der Waals surface area (Å²) in [6.45, 7) is 0.634. The molecule has 228 valence electrons. The molecule has 0 bridgehead atoms.